The van der Waals surface area contributed by atoms with Gasteiger partial charge >= 0.3 is 5.97 Å². The van der Waals surface area contributed by atoms with Gasteiger partial charge in [-0.2, -0.15) is 0 Å². The van der Waals surface area contributed by atoms with E-state index in [2.05, 4.69) is 10.2 Å². The molecule has 3 aromatic heterocycles. The van der Waals surface area contributed by atoms with E-state index in [1.807, 2.05) is 12.1 Å². The van der Waals surface area contributed by atoms with Gasteiger partial charge in [0.05, 0.1) is 11.8 Å². The maximum Gasteiger partial charge on any atom is 0.337 e. The van der Waals surface area contributed by atoms with Crippen molar-refractivity contribution in [2.45, 2.75) is 12.8 Å². The van der Waals surface area contributed by atoms with E-state index in [4.69, 9.17) is 9.52 Å². The van der Waals surface area contributed by atoms with Crippen molar-refractivity contribution in [3.05, 3.63) is 53.9 Å². The second kappa shape index (κ2) is 4.56. The molecule has 0 radical (unpaired) electrons. The molecule has 3 rings (SSSR count). The number of aromatic carboxylic acids is 1. The van der Waals surface area contributed by atoms with Crippen LogP contribution in [0.15, 0.2) is 41.1 Å². The summed E-state index contributed by atoms with van der Waals surface area (Å²) >= 11 is 0. The monoisotopic (exact) mass is 257 g/mol. The Hall–Kier alpha value is -2.63. The molecule has 0 aromatic carbocycles. The Bertz CT molecular complexity index is 716. The van der Waals surface area contributed by atoms with Gasteiger partial charge in [0.1, 0.15) is 11.6 Å². The van der Waals surface area contributed by atoms with Crippen LogP contribution in [0, 0.1) is 0 Å². The van der Waals surface area contributed by atoms with E-state index in [1.54, 1.807) is 16.7 Å². The Morgan fingerprint density at radius 3 is 2.89 bits per heavy atom. The molecule has 0 aliphatic carbocycles. The number of fused-ring (bicyclic) bond motifs is 1. The first-order chi connectivity index (χ1) is 9.24. The van der Waals surface area contributed by atoms with Crippen molar-refractivity contribution < 1.29 is 14.3 Å². The molecule has 6 nitrogen and oxygen atoms in total. The maximum atomic E-state index is 11.0. The van der Waals surface area contributed by atoms with Crippen molar-refractivity contribution in [2.75, 3.05) is 0 Å². The van der Waals surface area contributed by atoms with Gasteiger partial charge < -0.3 is 9.52 Å². The molecule has 0 aliphatic heterocycles. The summed E-state index contributed by atoms with van der Waals surface area (Å²) in [4.78, 5) is 11.0. The van der Waals surface area contributed by atoms with Crippen molar-refractivity contribution in [3.8, 4) is 0 Å². The van der Waals surface area contributed by atoms with Crippen LogP contribution in [0.25, 0.3) is 5.65 Å². The minimum absolute atomic E-state index is 0.214. The van der Waals surface area contributed by atoms with E-state index in [9.17, 15) is 4.79 Å². The van der Waals surface area contributed by atoms with E-state index in [1.165, 1.54) is 12.3 Å². The molecular formula is C13H11N3O3. The van der Waals surface area contributed by atoms with Gasteiger partial charge in [-0.1, -0.05) is 0 Å². The van der Waals surface area contributed by atoms with Gasteiger partial charge in [0.2, 0.25) is 0 Å². The van der Waals surface area contributed by atoms with E-state index in [0.717, 1.165) is 11.6 Å². The molecule has 6 heteroatoms. The second-order valence-electron chi connectivity index (χ2n) is 4.15. The predicted octanol–water partition coefficient (Wildman–Crippen LogP) is 1.81. The third-order valence-corrected chi connectivity index (χ3v) is 2.89. The van der Waals surface area contributed by atoms with Crippen molar-refractivity contribution in [2.24, 2.45) is 0 Å². The van der Waals surface area contributed by atoms with E-state index in [0.29, 0.717) is 18.5 Å². The summed E-state index contributed by atoms with van der Waals surface area (Å²) in [6.07, 6.45) is 4.50. The number of hydrogen-bond acceptors (Lipinski definition) is 4. The molecule has 96 valence electrons. The highest BCUT2D eigenvalue weighted by molar-refractivity contribution is 5.87. The number of rotatable bonds is 4. The molecule has 0 saturated heterocycles. The number of furan rings is 1. The quantitative estimate of drug-likeness (QED) is 0.770. The smallest absolute Gasteiger partial charge is 0.337 e. The summed E-state index contributed by atoms with van der Waals surface area (Å²) in [7, 11) is 0. The minimum atomic E-state index is -0.965. The minimum Gasteiger partial charge on any atom is -0.478 e. The van der Waals surface area contributed by atoms with Gasteiger partial charge in [-0.25, -0.2) is 4.79 Å². The second-order valence-corrected chi connectivity index (χ2v) is 4.15. The lowest BCUT2D eigenvalue weighted by atomic mass is 10.2. The van der Waals surface area contributed by atoms with E-state index < -0.39 is 5.97 Å². The normalized spacial score (nSPS) is 10.9. The molecule has 0 bridgehead atoms. The fourth-order valence-electron chi connectivity index (χ4n) is 1.93. The van der Waals surface area contributed by atoms with Gasteiger partial charge in [0, 0.05) is 19.0 Å². The predicted molar refractivity (Wildman–Crippen MR) is 66.1 cm³/mol. The van der Waals surface area contributed by atoms with Gasteiger partial charge in [0.25, 0.3) is 0 Å². The third-order valence-electron chi connectivity index (χ3n) is 2.89. The number of carboxylic acids is 1. The lowest BCUT2D eigenvalue weighted by Gasteiger charge is -2.00. The first-order valence-corrected chi connectivity index (χ1v) is 5.83. The lowest BCUT2D eigenvalue weighted by molar-refractivity contribution is 0.0696. The van der Waals surface area contributed by atoms with Crippen LogP contribution in [0.1, 0.15) is 21.9 Å². The molecular weight excluding hydrogens is 246 g/mol. The average molecular weight is 257 g/mol. The van der Waals surface area contributed by atoms with Gasteiger partial charge in [-0.15, -0.1) is 10.2 Å². The number of pyridine rings is 1. The first kappa shape index (κ1) is 11.5. The molecule has 3 heterocycles. The van der Waals surface area contributed by atoms with E-state index >= 15 is 0 Å². The molecule has 1 N–H and O–H groups in total. The van der Waals surface area contributed by atoms with Crippen LogP contribution in [0.3, 0.4) is 0 Å². The molecule has 0 atom stereocenters. The molecule has 19 heavy (non-hydrogen) atoms. The summed E-state index contributed by atoms with van der Waals surface area (Å²) in [5, 5.41) is 17.1. The van der Waals surface area contributed by atoms with Gasteiger partial charge in [0.15, 0.2) is 5.65 Å². The molecule has 0 saturated carbocycles. The average Bonchev–Trinajstić information content (AvgIpc) is 3.05. The zero-order valence-electron chi connectivity index (χ0n) is 9.98. The highest BCUT2D eigenvalue weighted by Crippen LogP contribution is 2.10. The van der Waals surface area contributed by atoms with Crippen molar-refractivity contribution in [1.29, 1.82) is 0 Å². The number of hydrogen-bond donors (Lipinski definition) is 1. The fraction of sp³-hybridized carbons (Fsp3) is 0.154. The Morgan fingerprint density at radius 1 is 1.26 bits per heavy atom. The van der Waals surface area contributed by atoms with Crippen molar-refractivity contribution >= 4 is 11.6 Å². The highest BCUT2D eigenvalue weighted by atomic mass is 16.4. The zero-order valence-corrected chi connectivity index (χ0v) is 9.98. The van der Waals surface area contributed by atoms with Crippen molar-refractivity contribution in [1.82, 2.24) is 14.6 Å². The van der Waals surface area contributed by atoms with Crippen LogP contribution < -0.4 is 0 Å². The first-order valence-electron chi connectivity index (χ1n) is 5.83. The fourth-order valence-corrected chi connectivity index (χ4v) is 1.93. The van der Waals surface area contributed by atoms with Crippen LogP contribution in [0.4, 0.5) is 0 Å². The molecule has 0 spiro atoms. The van der Waals surface area contributed by atoms with E-state index in [-0.39, 0.29) is 5.56 Å². The topological polar surface area (TPSA) is 80.6 Å². The van der Waals surface area contributed by atoms with Crippen LogP contribution in [-0.4, -0.2) is 25.7 Å². The Morgan fingerprint density at radius 2 is 2.16 bits per heavy atom. The summed E-state index contributed by atoms with van der Waals surface area (Å²) in [6, 6.07) is 6.89. The van der Waals surface area contributed by atoms with Crippen LogP contribution in [0.5, 0.6) is 0 Å². The molecule has 0 fully saturated rings. The van der Waals surface area contributed by atoms with Crippen LogP contribution in [-0.2, 0) is 12.8 Å². The Kier molecular flexibility index (Phi) is 2.75. The number of aromatic nitrogens is 3. The standard InChI is InChI=1S/C13H11N3O3/c17-13(18)9-3-5-11-14-15-12(16(11)8-9)6-4-10-2-1-7-19-10/h1-3,5,7-8H,4,6H2,(H,17,18). The molecule has 0 unspecified atom stereocenters. The molecule has 3 aromatic rings. The summed E-state index contributed by atoms with van der Waals surface area (Å²) in [5.41, 5.74) is 0.853. The van der Waals surface area contributed by atoms with Gasteiger partial charge in [-0.3, -0.25) is 4.40 Å². The van der Waals surface area contributed by atoms with Crippen molar-refractivity contribution in [3.63, 3.8) is 0 Å². The van der Waals surface area contributed by atoms with Crippen LogP contribution >= 0.6 is 0 Å². The van der Waals surface area contributed by atoms with Gasteiger partial charge in [-0.05, 0) is 24.3 Å². The lowest BCUT2D eigenvalue weighted by Crippen LogP contribution is -2.02. The molecule has 0 aliphatic rings. The highest BCUT2D eigenvalue weighted by Gasteiger charge is 2.09. The summed E-state index contributed by atoms with van der Waals surface area (Å²) < 4.78 is 6.96. The molecule has 0 amide bonds. The Balaban J connectivity index is 1.90. The zero-order chi connectivity index (χ0) is 13.2. The maximum absolute atomic E-state index is 11.0. The number of aryl methyl sites for hydroxylation is 2. The SMILES string of the molecule is O=C(O)c1ccc2nnc(CCc3ccco3)n2c1. The largest absolute Gasteiger partial charge is 0.478 e. The Labute approximate surface area is 108 Å². The number of carbonyl (C=O) groups is 1. The number of nitrogens with zero attached hydrogens (tertiary/aromatic N) is 3. The summed E-state index contributed by atoms with van der Waals surface area (Å²) in [6.45, 7) is 0. The number of carboxylic acid groups (broad SMARTS) is 1. The summed E-state index contributed by atoms with van der Waals surface area (Å²) in [5.74, 6) is 0.619. The third kappa shape index (κ3) is 2.20. The van der Waals surface area contributed by atoms with Crippen LogP contribution in [0.2, 0.25) is 0 Å².